The number of nitrogens with zero attached hydrogens (tertiary/aromatic N) is 2. The van der Waals surface area contributed by atoms with E-state index < -0.39 is 10.0 Å². The van der Waals surface area contributed by atoms with Gasteiger partial charge < -0.3 is 4.98 Å². The molecule has 0 radical (unpaired) electrons. The summed E-state index contributed by atoms with van der Waals surface area (Å²) in [6.07, 6.45) is 2.97. The number of fused-ring (bicyclic) bond motifs is 1. The van der Waals surface area contributed by atoms with E-state index in [0.717, 1.165) is 37.1 Å². The molecule has 1 aliphatic heterocycles. The number of benzene rings is 2. The van der Waals surface area contributed by atoms with E-state index in [0.29, 0.717) is 18.0 Å². The molecule has 0 aliphatic carbocycles. The van der Waals surface area contributed by atoms with E-state index in [4.69, 9.17) is 0 Å². The molecule has 142 valence electrons. The van der Waals surface area contributed by atoms with Gasteiger partial charge in [0.2, 0.25) is 10.0 Å². The van der Waals surface area contributed by atoms with Crippen LogP contribution in [0.2, 0.25) is 0 Å². The van der Waals surface area contributed by atoms with Gasteiger partial charge in [0, 0.05) is 49.8 Å². The van der Waals surface area contributed by atoms with Gasteiger partial charge in [0.05, 0.1) is 4.90 Å². The molecule has 0 atom stereocenters. The Morgan fingerprint density at radius 2 is 1.67 bits per heavy atom. The summed E-state index contributed by atoms with van der Waals surface area (Å²) in [4.78, 5) is 6.02. The zero-order valence-corrected chi connectivity index (χ0v) is 16.4. The second-order valence-corrected chi connectivity index (χ2v) is 8.98. The molecule has 5 nitrogen and oxygen atoms in total. The van der Waals surface area contributed by atoms with Crippen LogP contribution in [0.1, 0.15) is 18.1 Å². The predicted octanol–water partition coefficient (Wildman–Crippen LogP) is 3.24. The first-order valence-corrected chi connectivity index (χ1v) is 10.9. The molecule has 1 aliphatic rings. The van der Waals surface area contributed by atoms with E-state index in [-0.39, 0.29) is 0 Å². The molecule has 0 bridgehead atoms. The van der Waals surface area contributed by atoms with E-state index >= 15 is 0 Å². The number of rotatable bonds is 5. The fourth-order valence-corrected chi connectivity index (χ4v) is 5.10. The summed E-state index contributed by atoms with van der Waals surface area (Å²) in [6.45, 7) is 5.44. The lowest BCUT2D eigenvalue weighted by atomic mass is 10.1. The van der Waals surface area contributed by atoms with E-state index in [2.05, 4.69) is 35.1 Å². The topological polar surface area (TPSA) is 56.4 Å². The third kappa shape index (κ3) is 3.65. The fourth-order valence-electron chi connectivity index (χ4n) is 3.68. The number of hydrogen-bond acceptors (Lipinski definition) is 3. The highest BCUT2D eigenvalue weighted by molar-refractivity contribution is 7.89. The molecule has 1 aromatic heterocycles. The van der Waals surface area contributed by atoms with Gasteiger partial charge in [-0.05, 0) is 35.7 Å². The van der Waals surface area contributed by atoms with Crippen molar-refractivity contribution in [2.24, 2.45) is 0 Å². The molecule has 27 heavy (non-hydrogen) atoms. The highest BCUT2D eigenvalue weighted by Gasteiger charge is 2.28. The second-order valence-electron chi connectivity index (χ2n) is 7.04. The Balaban J connectivity index is 1.42. The summed E-state index contributed by atoms with van der Waals surface area (Å²) in [6, 6.07) is 15.5. The van der Waals surface area contributed by atoms with Crippen LogP contribution in [0.4, 0.5) is 0 Å². The van der Waals surface area contributed by atoms with Gasteiger partial charge in [-0.2, -0.15) is 4.31 Å². The lowest BCUT2D eigenvalue weighted by Gasteiger charge is -2.33. The minimum Gasteiger partial charge on any atom is -0.361 e. The number of aromatic nitrogens is 1. The third-order valence-electron chi connectivity index (χ3n) is 5.37. The molecule has 4 rings (SSSR count). The number of H-pyrrole nitrogens is 1. The molecular formula is C21H25N3O2S. The number of aryl methyl sites for hydroxylation is 1. The van der Waals surface area contributed by atoms with Crippen LogP contribution in [-0.2, 0) is 23.0 Å². The third-order valence-corrected chi connectivity index (χ3v) is 7.28. The first-order chi connectivity index (χ1) is 13.1. The molecule has 1 fully saturated rings. The van der Waals surface area contributed by atoms with Crippen molar-refractivity contribution in [3.63, 3.8) is 0 Å². The largest absolute Gasteiger partial charge is 0.361 e. The average Bonchev–Trinajstić information content (AvgIpc) is 3.11. The molecule has 3 aromatic rings. The van der Waals surface area contributed by atoms with Crippen LogP contribution in [0.15, 0.2) is 59.6 Å². The van der Waals surface area contributed by atoms with Crippen molar-refractivity contribution in [3.8, 4) is 0 Å². The quantitative estimate of drug-likeness (QED) is 0.736. The molecule has 0 saturated carbocycles. The molecule has 0 spiro atoms. The average molecular weight is 384 g/mol. The molecule has 6 heteroatoms. The Hall–Kier alpha value is -2.15. The number of piperazine rings is 1. The minimum atomic E-state index is -3.41. The van der Waals surface area contributed by atoms with E-state index in [1.165, 1.54) is 10.9 Å². The zero-order chi connectivity index (χ0) is 18.9. The van der Waals surface area contributed by atoms with Gasteiger partial charge in [-0.3, -0.25) is 4.90 Å². The molecule has 0 unspecified atom stereocenters. The molecule has 1 N–H and O–H groups in total. The highest BCUT2D eigenvalue weighted by Crippen LogP contribution is 2.22. The van der Waals surface area contributed by atoms with Crippen molar-refractivity contribution in [2.45, 2.75) is 24.8 Å². The number of para-hydroxylation sites is 1. The van der Waals surface area contributed by atoms with Crippen molar-refractivity contribution >= 4 is 20.9 Å². The summed E-state index contributed by atoms with van der Waals surface area (Å²) in [5, 5.41) is 1.24. The minimum absolute atomic E-state index is 0.393. The van der Waals surface area contributed by atoms with Crippen molar-refractivity contribution in [3.05, 3.63) is 65.9 Å². The van der Waals surface area contributed by atoms with Gasteiger partial charge >= 0.3 is 0 Å². The summed E-state index contributed by atoms with van der Waals surface area (Å²) in [7, 11) is -3.41. The SMILES string of the molecule is CCc1ccc(S(=O)(=O)N2CCN(Cc3c[nH]c4ccccc34)CC2)cc1. The maximum absolute atomic E-state index is 12.9. The fraction of sp³-hybridized carbons (Fsp3) is 0.333. The summed E-state index contributed by atoms with van der Waals surface area (Å²) in [5.41, 5.74) is 3.55. The van der Waals surface area contributed by atoms with Crippen LogP contribution in [-0.4, -0.2) is 48.8 Å². The van der Waals surface area contributed by atoms with Gasteiger partial charge in [0.25, 0.3) is 0 Å². The molecule has 0 amide bonds. The van der Waals surface area contributed by atoms with Gasteiger partial charge in [0.15, 0.2) is 0 Å². The van der Waals surface area contributed by atoms with Crippen molar-refractivity contribution in [1.29, 1.82) is 0 Å². The first-order valence-electron chi connectivity index (χ1n) is 9.44. The highest BCUT2D eigenvalue weighted by atomic mass is 32.2. The Bertz CT molecular complexity index is 1020. The lowest BCUT2D eigenvalue weighted by molar-refractivity contribution is 0.182. The van der Waals surface area contributed by atoms with E-state index in [9.17, 15) is 8.42 Å². The van der Waals surface area contributed by atoms with Gasteiger partial charge in [-0.1, -0.05) is 37.3 Å². The smallest absolute Gasteiger partial charge is 0.243 e. The van der Waals surface area contributed by atoms with Crippen molar-refractivity contribution < 1.29 is 8.42 Å². The van der Waals surface area contributed by atoms with Gasteiger partial charge in [-0.15, -0.1) is 0 Å². The number of hydrogen-bond donors (Lipinski definition) is 1. The van der Waals surface area contributed by atoms with Gasteiger partial charge in [-0.25, -0.2) is 8.42 Å². The second kappa shape index (κ2) is 7.46. The van der Waals surface area contributed by atoms with E-state index in [1.54, 1.807) is 16.4 Å². The lowest BCUT2D eigenvalue weighted by Crippen LogP contribution is -2.48. The Kier molecular flexibility index (Phi) is 5.04. The Morgan fingerprint density at radius 1 is 0.963 bits per heavy atom. The maximum Gasteiger partial charge on any atom is 0.243 e. The number of aromatic amines is 1. The van der Waals surface area contributed by atoms with E-state index in [1.807, 2.05) is 24.3 Å². The van der Waals surface area contributed by atoms with Crippen LogP contribution < -0.4 is 0 Å². The molecule has 1 saturated heterocycles. The Labute approximate surface area is 160 Å². The van der Waals surface area contributed by atoms with Crippen LogP contribution in [0.3, 0.4) is 0 Å². The van der Waals surface area contributed by atoms with Crippen LogP contribution >= 0.6 is 0 Å². The van der Waals surface area contributed by atoms with Crippen molar-refractivity contribution in [2.75, 3.05) is 26.2 Å². The maximum atomic E-state index is 12.9. The normalized spacial score (nSPS) is 16.8. The van der Waals surface area contributed by atoms with Crippen LogP contribution in [0.25, 0.3) is 10.9 Å². The van der Waals surface area contributed by atoms with Crippen LogP contribution in [0.5, 0.6) is 0 Å². The molecule has 2 heterocycles. The first kappa shape index (κ1) is 18.2. The number of nitrogens with one attached hydrogen (secondary N) is 1. The molecular weight excluding hydrogens is 358 g/mol. The standard InChI is InChI=1S/C21H25N3O2S/c1-2-17-7-9-19(10-8-17)27(25,26)24-13-11-23(12-14-24)16-18-15-22-21-6-4-3-5-20(18)21/h3-10,15,22H,2,11-14,16H2,1H3. The van der Waals surface area contributed by atoms with Crippen LogP contribution in [0, 0.1) is 0 Å². The predicted molar refractivity (Wildman–Crippen MR) is 108 cm³/mol. The molecule has 2 aromatic carbocycles. The van der Waals surface area contributed by atoms with Gasteiger partial charge in [0.1, 0.15) is 0 Å². The monoisotopic (exact) mass is 383 g/mol. The number of sulfonamides is 1. The summed E-state index contributed by atoms with van der Waals surface area (Å²) >= 11 is 0. The Morgan fingerprint density at radius 3 is 2.37 bits per heavy atom. The van der Waals surface area contributed by atoms with Crippen molar-refractivity contribution in [1.82, 2.24) is 14.2 Å². The summed E-state index contributed by atoms with van der Waals surface area (Å²) < 4.78 is 27.4. The zero-order valence-electron chi connectivity index (χ0n) is 15.6. The summed E-state index contributed by atoms with van der Waals surface area (Å²) in [5.74, 6) is 0.